The Kier molecular flexibility index (Phi) is 7.94. The molecule has 0 saturated carbocycles. The van der Waals surface area contributed by atoms with Crippen molar-refractivity contribution in [1.29, 1.82) is 0 Å². The Hall–Kier alpha value is -3.71. The van der Waals surface area contributed by atoms with Crippen molar-refractivity contribution in [2.75, 3.05) is 5.32 Å². The summed E-state index contributed by atoms with van der Waals surface area (Å²) in [5.74, 6) is -0.693. The van der Waals surface area contributed by atoms with E-state index >= 15 is 0 Å². The molecule has 162 valence electrons. The number of hydrogen-bond donors (Lipinski definition) is 2. The lowest BCUT2D eigenvalue weighted by atomic mass is 10.1. The summed E-state index contributed by atoms with van der Waals surface area (Å²) >= 11 is 3.38. The molecule has 7 heteroatoms. The lowest BCUT2D eigenvalue weighted by Gasteiger charge is -2.09. The summed E-state index contributed by atoms with van der Waals surface area (Å²) in [6.07, 6.45) is 3.20. The van der Waals surface area contributed by atoms with Crippen LogP contribution in [0.25, 0.3) is 6.08 Å². The van der Waals surface area contributed by atoms with Gasteiger partial charge in [0, 0.05) is 35.3 Å². The van der Waals surface area contributed by atoms with E-state index in [0.29, 0.717) is 17.0 Å². The van der Waals surface area contributed by atoms with E-state index in [9.17, 15) is 14.4 Å². The van der Waals surface area contributed by atoms with Gasteiger partial charge >= 0.3 is 5.97 Å². The molecule has 0 atom stereocenters. The van der Waals surface area contributed by atoms with Gasteiger partial charge in [-0.1, -0.05) is 46.3 Å². The van der Waals surface area contributed by atoms with Crippen molar-refractivity contribution in [3.8, 4) is 5.75 Å². The number of nitrogens with one attached hydrogen (secondary N) is 2. The average molecular weight is 493 g/mol. The van der Waals surface area contributed by atoms with E-state index in [2.05, 4.69) is 26.6 Å². The monoisotopic (exact) mass is 492 g/mol. The van der Waals surface area contributed by atoms with Gasteiger partial charge in [-0.05, 0) is 59.7 Å². The molecule has 3 aromatic carbocycles. The highest BCUT2D eigenvalue weighted by Gasteiger charge is 2.08. The van der Waals surface area contributed by atoms with Crippen LogP contribution in [-0.4, -0.2) is 17.8 Å². The molecule has 0 aromatic heterocycles. The Morgan fingerprint density at radius 1 is 0.969 bits per heavy atom. The number of rotatable bonds is 7. The first-order valence-corrected chi connectivity index (χ1v) is 10.6. The molecule has 0 saturated heterocycles. The van der Waals surface area contributed by atoms with E-state index < -0.39 is 5.97 Å². The SMILES string of the molecule is CC(=O)Oc1cccc(C(=O)NCc2cccc(NC(=O)/C=C/c3ccc(Br)cc3)c2)c1. The first kappa shape index (κ1) is 23.0. The number of amides is 2. The third kappa shape index (κ3) is 7.21. The van der Waals surface area contributed by atoms with Crippen LogP contribution in [0.4, 0.5) is 5.69 Å². The average Bonchev–Trinajstić information content (AvgIpc) is 2.77. The molecule has 0 aliphatic heterocycles. The van der Waals surface area contributed by atoms with E-state index in [0.717, 1.165) is 15.6 Å². The number of hydrogen-bond acceptors (Lipinski definition) is 4. The summed E-state index contributed by atoms with van der Waals surface area (Å²) in [5, 5.41) is 5.63. The number of halogens is 1. The van der Waals surface area contributed by atoms with E-state index in [1.807, 2.05) is 30.3 Å². The van der Waals surface area contributed by atoms with Gasteiger partial charge < -0.3 is 15.4 Å². The van der Waals surface area contributed by atoms with E-state index in [1.165, 1.54) is 19.1 Å². The van der Waals surface area contributed by atoms with Crippen LogP contribution in [0.5, 0.6) is 5.75 Å². The third-order valence-electron chi connectivity index (χ3n) is 4.30. The van der Waals surface area contributed by atoms with E-state index in [1.54, 1.807) is 42.5 Å². The highest BCUT2D eigenvalue weighted by Crippen LogP contribution is 2.15. The Balaban J connectivity index is 1.56. The molecule has 0 aliphatic rings. The molecule has 2 amide bonds. The maximum Gasteiger partial charge on any atom is 0.308 e. The van der Waals surface area contributed by atoms with Crippen LogP contribution >= 0.6 is 15.9 Å². The third-order valence-corrected chi connectivity index (χ3v) is 4.83. The fraction of sp³-hybridized carbons (Fsp3) is 0.0800. The molecular formula is C25H21BrN2O4. The molecule has 6 nitrogen and oxygen atoms in total. The Morgan fingerprint density at radius 3 is 2.47 bits per heavy atom. The Morgan fingerprint density at radius 2 is 1.72 bits per heavy atom. The lowest BCUT2D eigenvalue weighted by Crippen LogP contribution is -2.23. The van der Waals surface area contributed by atoms with Gasteiger partial charge in [0.15, 0.2) is 0 Å². The summed E-state index contributed by atoms with van der Waals surface area (Å²) in [4.78, 5) is 35.7. The normalized spacial score (nSPS) is 10.6. The van der Waals surface area contributed by atoms with Gasteiger partial charge in [-0.15, -0.1) is 0 Å². The van der Waals surface area contributed by atoms with Crippen molar-refractivity contribution < 1.29 is 19.1 Å². The zero-order chi connectivity index (χ0) is 22.9. The largest absolute Gasteiger partial charge is 0.427 e. The Labute approximate surface area is 194 Å². The zero-order valence-electron chi connectivity index (χ0n) is 17.3. The van der Waals surface area contributed by atoms with Gasteiger partial charge in [0.1, 0.15) is 5.75 Å². The van der Waals surface area contributed by atoms with Crippen LogP contribution in [0.15, 0.2) is 83.3 Å². The van der Waals surface area contributed by atoms with Crippen molar-refractivity contribution >= 4 is 45.5 Å². The minimum Gasteiger partial charge on any atom is -0.427 e. The van der Waals surface area contributed by atoms with Crippen LogP contribution in [0.1, 0.15) is 28.4 Å². The predicted octanol–water partition coefficient (Wildman–Crippen LogP) is 4.96. The molecule has 32 heavy (non-hydrogen) atoms. The molecule has 0 heterocycles. The minimum absolute atomic E-state index is 0.253. The van der Waals surface area contributed by atoms with Gasteiger partial charge in [-0.3, -0.25) is 14.4 Å². The van der Waals surface area contributed by atoms with Gasteiger partial charge in [0.25, 0.3) is 5.91 Å². The van der Waals surface area contributed by atoms with Crippen molar-refractivity contribution in [3.63, 3.8) is 0 Å². The molecule has 0 unspecified atom stereocenters. The standard InChI is InChI=1S/C25H21BrN2O4/c1-17(29)32-23-7-3-5-20(15-23)25(31)27-16-19-4-2-6-22(14-19)28-24(30)13-10-18-8-11-21(26)12-9-18/h2-15H,16H2,1H3,(H,27,31)(H,28,30)/b13-10+. The first-order valence-electron chi connectivity index (χ1n) is 9.79. The van der Waals surface area contributed by atoms with E-state index in [-0.39, 0.29) is 18.4 Å². The lowest BCUT2D eigenvalue weighted by molar-refractivity contribution is -0.131. The second-order valence-electron chi connectivity index (χ2n) is 6.88. The molecule has 2 N–H and O–H groups in total. The number of carbonyl (C=O) groups is 3. The van der Waals surface area contributed by atoms with Crippen LogP contribution in [-0.2, 0) is 16.1 Å². The van der Waals surface area contributed by atoms with Gasteiger partial charge in [0.2, 0.25) is 5.91 Å². The first-order chi connectivity index (χ1) is 15.4. The van der Waals surface area contributed by atoms with Gasteiger partial charge in [-0.2, -0.15) is 0 Å². The molecule has 0 aliphatic carbocycles. The maximum absolute atomic E-state index is 12.4. The summed E-state index contributed by atoms with van der Waals surface area (Å²) in [7, 11) is 0. The fourth-order valence-electron chi connectivity index (χ4n) is 2.84. The molecule has 3 rings (SSSR count). The number of esters is 1. The van der Waals surface area contributed by atoms with Crippen LogP contribution in [0.3, 0.4) is 0 Å². The van der Waals surface area contributed by atoms with Crippen molar-refractivity contribution in [1.82, 2.24) is 5.32 Å². The second-order valence-corrected chi connectivity index (χ2v) is 7.79. The summed E-state index contributed by atoms with van der Waals surface area (Å²) in [5.41, 5.74) is 2.74. The summed E-state index contributed by atoms with van der Waals surface area (Å²) in [6, 6.07) is 21.2. The van der Waals surface area contributed by atoms with E-state index in [4.69, 9.17) is 4.74 Å². The van der Waals surface area contributed by atoms with Gasteiger partial charge in [-0.25, -0.2) is 0 Å². The molecule has 0 radical (unpaired) electrons. The molecule has 0 fully saturated rings. The minimum atomic E-state index is -0.451. The fourth-order valence-corrected chi connectivity index (χ4v) is 3.10. The Bertz CT molecular complexity index is 1160. The van der Waals surface area contributed by atoms with Crippen LogP contribution in [0, 0.1) is 0 Å². The molecule has 3 aromatic rings. The van der Waals surface area contributed by atoms with Crippen molar-refractivity contribution in [3.05, 3.63) is 100 Å². The van der Waals surface area contributed by atoms with Crippen molar-refractivity contribution in [2.45, 2.75) is 13.5 Å². The molecule has 0 bridgehead atoms. The van der Waals surface area contributed by atoms with Gasteiger partial charge in [0.05, 0.1) is 0 Å². The number of carbonyl (C=O) groups excluding carboxylic acids is 3. The number of anilines is 1. The predicted molar refractivity (Wildman–Crippen MR) is 127 cm³/mol. The number of ether oxygens (including phenoxy) is 1. The summed E-state index contributed by atoms with van der Waals surface area (Å²) in [6.45, 7) is 1.57. The summed E-state index contributed by atoms with van der Waals surface area (Å²) < 4.78 is 5.98. The zero-order valence-corrected chi connectivity index (χ0v) is 18.9. The van der Waals surface area contributed by atoms with Crippen LogP contribution in [0.2, 0.25) is 0 Å². The quantitative estimate of drug-likeness (QED) is 0.277. The second kappa shape index (κ2) is 11.1. The molecular weight excluding hydrogens is 472 g/mol. The number of benzene rings is 3. The highest BCUT2D eigenvalue weighted by atomic mass is 79.9. The van der Waals surface area contributed by atoms with Crippen LogP contribution < -0.4 is 15.4 Å². The highest BCUT2D eigenvalue weighted by molar-refractivity contribution is 9.10. The maximum atomic E-state index is 12.4. The smallest absolute Gasteiger partial charge is 0.308 e. The molecule has 0 spiro atoms. The van der Waals surface area contributed by atoms with Crippen molar-refractivity contribution in [2.24, 2.45) is 0 Å². The topological polar surface area (TPSA) is 84.5 Å².